The molecule has 0 spiro atoms. The molecular weight excluding hydrogens is 516 g/mol. The van der Waals surface area contributed by atoms with Crippen LogP contribution in [0.5, 0.6) is 0 Å². The maximum Gasteiger partial charge on any atom is 0.328 e. The van der Waals surface area contributed by atoms with E-state index in [4.69, 9.17) is 0 Å². The molecule has 0 N–H and O–H groups in total. The molecule has 2 aliphatic carbocycles. The number of carbonyl (C=O) groups is 4. The number of aryl methyl sites for hydroxylation is 3. The Kier molecular flexibility index (Phi) is 6.96. The lowest BCUT2D eigenvalue weighted by Gasteiger charge is -2.21. The average molecular weight is 555 g/mol. The van der Waals surface area contributed by atoms with Gasteiger partial charge in [-0.2, -0.15) is 0 Å². The summed E-state index contributed by atoms with van der Waals surface area (Å²) in [6.07, 6.45) is 5.37. The number of carbonyl (C=O) groups excluding carboxylic acids is 4. The minimum atomic E-state index is -0.801. The zero-order chi connectivity index (χ0) is 29.0. The molecule has 8 nitrogen and oxygen atoms in total. The fraction of sp³-hybridized carbons (Fsp3) is 0.455. The van der Waals surface area contributed by atoms with E-state index < -0.39 is 18.0 Å². The number of benzene rings is 1. The summed E-state index contributed by atoms with van der Waals surface area (Å²) in [4.78, 5) is 57.0. The minimum Gasteiger partial charge on any atom is -0.345 e. The molecule has 1 saturated heterocycles. The van der Waals surface area contributed by atoms with Crippen LogP contribution in [0.1, 0.15) is 93.2 Å². The molecule has 2 aromatic heterocycles. The van der Waals surface area contributed by atoms with Gasteiger partial charge in [-0.15, -0.1) is 0 Å². The summed E-state index contributed by atoms with van der Waals surface area (Å²) in [5, 5.41) is 0. The van der Waals surface area contributed by atoms with Crippen molar-refractivity contribution in [2.75, 3.05) is 13.1 Å². The summed E-state index contributed by atoms with van der Waals surface area (Å²) < 4.78 is 4.40. The van der Waals surface area contributed by atoms with Crippen LogP contribution in [0.15, 0.2) is 42.5 Å². The average Bonchev–Trinajstić information content (AvgIpc) is 3.88. The van der Waals surface area contributed by atoms with Gasteiger partial charge in [-0.25, -0.2) is 4.79 Å². The third-order valence-corrected chi connectivity index (χ3v) is 8.96. The maximum atomic E-state index is 13.7. The summed E-state index contributed by atoms with van der Waals surface area (Å²) in [7, 11) is 0. The number of imide groups is 1. The highest BCUT2D eigenvalue weighted by atomic mass is 16.2. The lowest BCUT2D eigenvalue weighted by molar-refractivity contribution is -0.128. The number of aromatic nitrogens is 2. The third kappa shape index (κ3) is 5.04. The van der Waals surface area contributed by atoms with Crippen LogP contribution in [0.2, 0.25) is 0 Å². The molecule has 1 aromatic carbocycles. The summed E-state index contributed by atoms with van der Waals surface area (Å²) in [5.74, 6) is -0.849. The van der Waals surface area contributed by atoms with Crippen molar-refractivity contribution in [3.8, 4) is 0 Å². The van der Waals surface area contributed by atoms with E-state index in [1.807, 2.05) is 70.2 Å². The molecule has 0 bridgehead atoms. The van der Waals surface area contributed by atoms with E-state index in [9.17, 15) is 19.2 Å². The molecule has 1 atom stereocenters. The monoisotopic (exact) mass is 554 g/mol. The van der Waals surface area contributed by atoms with E-state index in [1.165, 1.54) is 4.90 Å². The molecule has 0 radical (unpaired) electrons. The Morgan fingerprint density at radius 2 is 1.27 bits per heavy atom. The predicted molar refractivity (Wildman–Crippen MR) is 155 cm³/mol. The molecule has 3 fully saturated rings. The highest BCUT2D eigenvalue weighted by molar-refractivity contribution is 6.11. The fourth-order valence-electron chi connectivity index (χ4n) is 6.62. The topological polar surface area (TPSA) is 84.6 Å². The van der Waals surface area contributed by atoms with Crippen molar-refractivity contribution in [3.05, 3.63) is 81.9 Å². The van der Waals surface area contributed by atoms with Crippen molar-refractivity contribution < 1.29 is 19.2 Å². The molecular formula is C33H38N4O4. The van der Waals surface area contributed by atoms with Crippen LogP contribution in [0.3, 0.4) is 0 Å². The Hall–Kier alpha value is -3.94. The van der Waals surface area contributed by atoms with E-state index in [1.54, 1.807) is 0 Å². The van der Waals surface area contributed by atoms with Gasteiger partial charge in [0.2, 0.25) is 0 Å². The van der Waals surface area contributed by atoms with Crippen molar-refractivity contribution >= 4 is 23.5 Å². The lowest BCUT2D eigenvalue weighted by Crippen LogP contribution is -2.40. The normalized spacial score (nSPS) is 19.0. The Labute approximate surface area is 240 Å². The largest absolute Gasteiger partial charge is 0.345 e. The van der Waals surface area contributed by atoms with Crippen molar-refractivity contribution in [3.63, 3.8) is 0 Å². The SMILES string of the molecule is Cc1cc(C(=O)CN2C(=O)C(CCc3ccccc3)N(CC(=O)c3cc(C)n(C4CC4)c3C)C2=O)c(C)n1C1CC1. The van der Waals surface area contributed by atoms with Crippen LogP contribution >= 0.6 is 0 Å². The summed E-state index contributed by atoms with van der Waals surface area (Å²) in [6, 6.07) is 13.1. The molecule has 2 saturated carbocycles. The van der Waals surface area contributed by atoms with Gasteiger partial charge in [0.05, 0.1) is 13.1 Å². The second kappa shape index (κ2) is 10.5. The third-order valence-electron chi connectivity index (χ3n) is 8.96. The number of Topliss-reactive ketones (excluding diaryl/α,β-unsaturated/α-hetero) is 2. The minimum absolute atomic E-state index is 0.183. The fourth-order valence-corrected chi connectivity index (χ4v) is 6.62. The Balaban J connectivity index is 1.24. The quantitative estimate of drug-likeness (QED) is 0.231. The van der Waals surface area contributed by atoms with Gasteiger partial charge in [-0.05, 0) is 83.9 Å². The van der Waals surface area contributed by atoms with E-state index >= 15 is 0 Å². The predicted octanol–water partition coefficient (Wildman–Crippen LogP) is 5.52. The first-order valence-electron chi connectivity index (χ1n) is 14.7. The molecule has 3 aliphatic rings. The van der Waals surface area contributed by atoms with Crippen LogP contribution < -0.4 is 0 Å². The van der Waals surface area contributed by atoms with Gasteiger partial charge in [0.1, 0.15) is 6.04 Å². The smallest absolute Gasteiger partial charge is 0.328 e. The Morgan fingerprint density at radius 3 is 1.78 bits per heavy atom. The number of hydrogen-bond acceptors (Lipinski definition) is 4. The van der Waals surface area contributed by atoms with E-state index in [0.717, 1.165) is 58.9 Å². The van der Waals surface area contributed by atoms with Crippen LogP contribution in [0.25, 0.3) is 0 Å². The van der Waals surface area contributed by atoms with Crippen molar-refractivity contribution in [1.82, 2.24) is 18.9 Å². The van der Waals surface area contributed by atoms with E-state index in [2.05, 4.69) is 9.13 Å². The highest BCUT2D eigenvalue weighted by Gasteiger charge is 2.46. The number of urea groups is 1. The summed E-state index contributed by atoms with van der Waals surface area (Å²) in [6.45, 7) is 7.35. The highest BCUT2D eigenvalue weighted by Crippen LogP contribution is 2.39. The van der Waals surface area contributed by atoms with Crippen LogP contribution in [0, 0.1) is 27.7 Å². The van der Waals surface area contributed by atoms with Gasteiger partial charge in [0.25, 0.3) is 5.91 Å². The molecule has 214 valence electrons. The number of ketones is 2. The Bertz CT molecular complexity index is 1540. The molecule has 41 heavy (non-hydrogen) atoms. The van der Waals surface area contributed by atoms with E-state index in [0.29, 0.717) is 36.1 Å². The van der Waals surface area contributed by atoms with Gasteiger partial charge in [-0.3, -0.25) is 19.3 Å². The number of amides is 3. The summed E-state index contributed by atoms with van der Waals surface area (Å²) in [5.41, 5.74) is 6.04. The molecule has 3 heterocycles. The molecule has 6 rings (SSSR count). The van der Waals surface area contributed by atoms with Gasteiger partial charge < -0.3 is 14.0 Å². The first-order valence-corrected chi connectivity index (χ1v) is 14.7. The number of nitrogens with zero attached hydrogens (tertiary/aromatic N) is 4. The molecule has 3 aromatic rings. The van der Waals surface area contributed by atoms with Gasteiger partial charge in [0.15, 0.2) is 11.6 Å². The van der Waals surface area contributed by atoms with Crippen LogP contribution in [0.4, 0.5) is 4.79 Å². The molecule has 3 amide bonds. The summed E-state index contributed by atoms with van der Waals surface area (Å²) >= 11 is 0. The lowest BCUT2D eigenvalue weighted by atomic mass is 10.0. The molecule has 8 heteroatoms. The van der Waals surface area contributed by atoms with Crippen LogP contribution in [-0.4, -0.2) is 61.6 Å². The van der Waals surface area contributed by atoms with Gasteiger partial charge in [0, 0.05) is 46.0 Å². The first-order chi connectivity index (χ1) is 19.7. The zero-order valence-corrected chi connectivity index (χ0v) is 24.4. The molecule has 1 unspecified atom stereocenters. The molecule has 1 aliphatic heterocycles. The van der Waals surface area contributed by atoms with Crippen molar-refractivity contribution in [2.24, 2.45) is 0 Å². The maximum absolute atomic E-state index is 13.7. The van der Waals surface area contributed by atoms with Crippen LogP contribution in [-0.2, 0) is 11.2 Å². The number of hydrogen-bond donors (Lipinski definition) is 0. The second-order valence-electron chi connectivity index (χ2n) is 12.0. The van der Waals surface area contributed by atoms with Gasteiger partial charge in [-0.1, -0.05) is 30.3 Å². The number of rotatable bonds is 11. The van der Waals surface area contributed by atoms with Crippen molar-refractivity contribution in [2.45, 2.75) is 84.3 Å². The Morgan fingerprint density at radius 1 is 0.756 bits per heavy atom. The second-order valence-corrected chi connectivity index (χ2v) is 12.0. The van der Waals surface area contributed by atoms with E-state index in [-0.39, 0.29) is 24.7 Å². The standard InChI is InChI=1S/C33H38N4O4/c1-20-16-27(22(3)36(20)25-11-12-25)30(38)18-34-29(15-10-24-8-6-5-7-9-24)32(40)35(33(34)41)19-31(39)28-17-21(2)37(23(28)4)26-13-14-26/h5-9,16-17,25-26,29H,10-15,18-19H2,1-4H3. The van der Waals surface area contributed by atoms with Gasteiger partial charge >= 0.3 is 6.03 Å². The zero-order valence-electron chi connectivity index (χ0n) is 24.4. The van der Waals surface area contributed by atoms with Crippen molar-refractivity contribution in [1.29, 1.82) is 0 Å². The first kappa shape index (κ1) is 27.2.